The molecule has 0 aromatic carbocycles. The van der Waals surface area contributed by atoms with Crippen LogP contribution in [0.2, 0.25) is 0 Å². The molecular formula is C9H19ClN2O3S. The summed E-state index contributed by atoms with van der Waals surface area (Å²) in [6, 6.07) is 0. The Morgan fingerprint density at radius 1 is 1.44 bits per heavy atom. The van der Waals surface area contributed by atoms with Crippen molar-refractivity contribution >= 4 is 22.4 Å². The molecular weight excluding hydrogens is 252 g/mol. The number of hydrogen-bond acceptors (Lipinski definition) is 4. The van der Waals surface area contributed by atoms with Crippen LogP contribution in [0.5, 0.6) is 0 Å². The van der Waals surface area contributed by atoms with Gasteiger partial charge in [0.05, 0.1) is 19.0 Å². The summed E-state index contributed by atoms with van der Waals surface area (Å²) in [6.07, 6.45) is 2.45. The van der Waals surface area contributed by atoms with Gasteiger partial charge in [0.2, 0.25) is 10.0 Å². The average Bonchev–Trinajstić information content (AvgIpc) is 2.38. The molecule has 0 saturated carbocycles. The van der Waals surface area contributed by atoms with E-state index in [0.717, 1.165) is 19.5 Å². The normalized spacial score (nSPS) is 32.3. The molecule has 0 radical (unpaired) electrons. The minimum atomic E-state index is -3.07. The van der Waals surface area contributed by atoms with Crippen LogP contribution in [0.4, 0.5) is 0 Å². The van der Waals surface area contributed by atoms with Crippen molar-refractivity contribution in [2.24, 2.45) is 5.92 Å². The predicted octanol–water partition coefficient (Wildman–Crippen LogP) is -0.322. The molecule has 0 aromatic heterocycles. The molecule has 0 amide bonds. The van der Waals surface area contributed by atoms with Gasteiger partial charge in [-0.3, -0.25) is 0 Å². The first-order valence-electron chi connectivity index (χ1n) is 5.35. The van der Waals surface area contributed by atoms with Crippen LogP contribution in [0.1, 0.15) is 6.42 Å². The number of hydrogen-bond donors (Lipinski definition) is 1. The molecule has 0 bridgehead atoms. The van der Waals surface area contributed by atoms with Gasteiger partial charge in [-0.05, 0) is 13.0 Å². The third-order valence-electron chi connectivity index (χ3n) is 3.14. The molecule has 0 aliphatic carbocycles. The summed E-state index contributed by atoms with van der Waals surface area (Å²) in [4.78, 5) is 0. The molecule has 2 saturated heterocycles. The first kappa shape index (κ1) is 14.2. The minimum Gasteiger partial charge on any atom is -0.375 e. The van der Waals surface area contributed by atoms with Crippen molar-refractivity contribution in [1.29, 1.82) is 0 Å². The molecule has 0 aromatic rings. The number of halogens is 1. The summed E-state index contributed by atoms with van der Waals surface area (Å²) in [5, 5.41) is 3.27. The van der Waals surface area contributed by atoms with Gasteiger partial charge in [0.25, 0.3) is 0 Å². The van der Waals surface area contributed by atoms with Crippen molar-refractivity contribution in [3.63, 3.8) is 0 Å². The van der Waals surface area contributed by atoms with Crippen molar-refractivity contribution in [2.75, 3.05) is 39.0 Å². The predicted molar refractivity (Wildman–Crippen MR) is 64.4 cm³/mol. The summed E-state index contributed by atoms with van der Waals surface area (Å²) < 4.78 is 30.1. The maximum absolute atomic E-state index is 11.5. The van der Waals surface area contributed by atoms with E-state index in [1.54, 1.807) is 4.31 Å². The number of ether oxygens (including phenoxy) is 1. The third kappa shape index (κ3) is 3.30. The zero-order valence-electron chi connectivity index (χ0n) is 9.39. The van der Waals surface area contributed by atoms with Crippen LogP contribution in [0, 0.1) is 5.92 Å². The molecule has 2 atom stereocenters. The molecule has 0 spiro atoms. The molecule has 7 heteroatoms. The molecule has 2 rings (SSSR count). The second kappa shape index (κ2) is 5.64. The monoisotopic (exact) mass is 270 g/mol. The molecule has 2 fully saturated rings. The van der Waals surface area contributed by atoms with E-state index in [9.17, 15) is 8.42 Å². The van der Waals surface area contributed by atoms with Gasteiger partial charge in [0.1, 0.15) is 0 Å². The lowest BCUT2D eigenvalue weighted by molar-refractivity contribution is 0.0179. The van der Waals surface area contributed by atoms with Gasteiger partial charge >= 0.3 is 0 Å². The third-order valence-corrected chi connectivity index (χ3v) is 4.41. The summed E-state index contributed by atoms with van der Waals surface area (Å²) in [6.45, 7) is 3.43. The van der Waals surface area contributed by atoms with Crippen LogP contribution in [0.25, 0.3) is 0 Å². The second-order valence-corrected chi connectivity index (χ2v) is 6.27. The molecule has 16 heavy (non-hydrogen) atoms. The second-order valence-electron chi connectivity index (χ2n) is 4.28. The summed E-state index contributed by atoms with van der Waals surface area (Å²) in [5.41, 5.74) is 0. The largest absolute Gasteiger partial charge is 0.375 e. The standard InChI is InChI=1S/C9H18N2O3S.ClH/c1-15(12,13)11-4-5-14-9-6-10-3-2-8(9)7-11;/h8-10H,2-7H2,1H3;1H. The van der Waals surface area contributed by atoms with Crippen molar-refractivity contribution in [2.45, 2.75) is 12.5 Å². The Kier molecular flexibility index (Phi) is 5.00. The molecule has 2 aliphatic rings. The van der Waals surface area contributed by atoms with Gasteiger partial charge in [-0.1, -0.05) is 0 Å². The fourth-order valence-electron chi connectivity index (χ4n) is 2.25. The fraction of sp³-hybridized carbons (Fsp3) is 1.00. The summed E-state index contributed by atoms with van der Waals surface area (Å²) in [5.74, 6) is 0.350. The van der Waals surface area contributed by atoms with Gasteiger partial charge in [-0.15, -0.1) is 12.4 Å². The first-order valence-corrected chi connectivity index (χ1v) is 7.19. The van der Waals surface area contributed by atoms with Gasteiger partial charge in [-0.2, -0.15) is 4.31 Å². The quantitative estimate of drug-likeness (QED) is 0.709. The Hall–Kier alpha value is 0.120. The highest BCUT2D eigenvalue weighted by molar-refractivity contribution is 7.88. The fourth-order valence-corrected chi connectivity index (χ4v) is 3.12. The van der Waals surface area contributed by atoms with E-state index in [4.69, 9.17) is 4.74 Å². The van der Waals surface area contributed by atoms with Gasteiger partial charge in [-0.25, -0.2) is 8.42 Å². The van der Waals surface area contributed by atoms with Crippen molar-refractivity contribution in [1.82, 2.24) is 9.62 Å². The van der Waals surface area contributed by atoms with Gasteiger partial charge < -0.3 is 10.1 Å². The molecule has 5 nitrogen and oxygen atoms in total. The molecule has 2 unspecified atom stereocenters. The first-order chi connectivity index (χ1) is 7.07. The molecule has 2 aliphatic heterocycles. The van der Waals surface area contributed by atoms with Gasteiger partial charge in [0.15, 0.2) is 0 Å². The highest BCUT2D eigenvalue weighted by atomic mass is 35.5. The summed E-state index contributed by atoms with van der Waals surface area (Å²) >= 11 is 0. The van der Waals surface area contributed by atoms with E-state index in [1.807, 2.05) is 0 Å². The molecule has 96 valence electrons. The number of nitrogens with one attached hydrogen (secondary N) is 1. The number of fused-ring (bicyclic) bond motifs is 1. The van der Waals surface area contributed by atoms with Crippen LogP contribution in [0.3, 0.4) is 0 Å². The maximum Gasteiger partial charge on any atom is 0.211 e. The Balaban J connectivity index is 0.00000128. The zero-order chi connectivity index (χ0) is 10.9. The number of nitrogens with zero attached hydrogens (tertiary/aromatic N) is 1. The minimum absolute atomic E-state index is 0. The van der Waals surface area contributed by atoms with E-state index >= 15 is 0 Å². The van der Waals surface area contributed by atoms with Gasteiger partial charge in [0, 0.05) is 25.6 Å². The Bertz CT molecular complexity index is 323. The Labute approximate surface area is 103 Å². The van der Waals surface area contributed by atoms with E-state index in [1.165, 1.54) is 6.26 Å². The maximum atomic E-state index is 11.5. The lowest BCUT2D eigenvalue weighted by atomic mass is 9.95. The van der Waals surface area contributed by atoms with Crippen molar-refractivity contribution in [3.05, 3.63) is 0 Å². The van der Waals surface area contributed by atoms with E-state index in [-0.39, 0.29) is 18.5 Å². The van der Waals surface area contributed by atoms with Crippen LogP contribution < -0.4 is 5.32 Å². The number of sulfonamides is 1. The number of piperidine rings is 1. The average molecular weight is 271 g/mol. The lowest BCUT2D eigenvalue weighted by Crippen LogP contribution is -2.45. The molecule has 2 heterocycles. The van der Waals surface area contributed by atoms with Crippen LogP contribution in [-0.4, -0.2) is 57.9 Å². The van der Waals surface area contributed by atoms with E-state index in [2.05, 4.69) is 5.32 Å². The SMILES string of the molecule is CS(=O)(=O)N1CCOC2CNCCC2C1.Cl. The van der Waals surface area contributed by atoms with Crippen LogP contribution in [0.15, 0.2) is 0 Å². The van der Waals surface area contributed by atoms with Crippen molar-refractivity contribution in [3.8, 4) is 0 Å². The van der Waals surface area contributed by atoms with E-state index < -0.39 is 10.0 Å². The van der Waals surface area contributed by atoms with Crippen LogP contribution >= 0.6 is 12.4 Å². The number of rotatable bonds is 1. The summed E-state index contributed by atoms with van der Waals surface area (Å²) in [7, 11) is -3.07. The highest BCUT2D eigenvalue weighted by Crippen LogP contribution is 2.21. The Morgan fingerprint density at radius 3 is 2.88 bits per heavy atom. The van der Waals surface area contributed by atoms with Crippen molar-refractivity contribution < 1.29 is 13.2 Å². The highest BCUT2D eigenvalue weighted by Gasteiger charge is 2.32. The smallest absolute Gasteiger partial charge is 0.211 e. The topological polar surface area (TPSA) is 58.6 Å². The Morgan fingerprint density at radius 2 is 2.19 bits per heavy atom. The zero-order valence-corrected chi connectivity index (χ0v) is 11.0. The molecule has 1 N–H and O–H groups in total. The lowest BCUT2D eigenvalue weighted by Gasteiger charge is -2.31. The van der Waals surface area contributed by atoms with E-state index in [0.29, 0.717) is 25.6 Å². The van der Waals surface area contributed by atoms with Crippen LogP contribution in [-0.2, 0) is 14.8 Å².